The minimum Gasteiger partial charge on any atom is -0.310 e. The standard InChI is InChI=1S/C55H34N2S/c1-3-17-37(18-4-1)56(38-19-5-2-6-20-38)39-21-15-16-35(32-39)36-30-31-51-43(33-36)44-34-48-53-52(54(44)58-51)42-24-9-13-28-49(42)57(53)50-29-14-12-27-47(50)55(48)45-25-10-7-22-40(45)41-23-8-11-26-46(41)55/h1-34H. The molecule has 2 aliphatic rings. The molecule has 11 aromatic rings. The summed E-state index contributed by atoms with van der Waals surface area (Å²) in [4.78, 5) is 2.34. The summed E-state index contributed by atoms with van der Waals surface area (Å²) in [6.45, 7) is 0. The van der Waals surface area contributed by atoms with Crippen molar-refractivity contribution < 1.29 is 0 Å². The number of thiophene rings is 1. The van der Waals surface area contributed by atoms with E-state index in [0.717, 1.165) is 17.1 Å². The van der Waals surface area contributed by atoms with Gasteiger partial charge in [0.15, 0.2) is 0 Å². The van der Waals surface area contributed by atoms with Crippen LogP contribution >= 0.6 is 11.3 Å². The third kappa shape index (κ3) is 4.16. The van der Waals surface area contributed by atoms with Crippen LogP contribution < -0.4 is 4.90 Å². The summed E-state index contributed by atoms with van der Waals surface area (Å²) in [5.74, 6) is 0. The molecule has 1 spiro atoms. The molecule has 0 radical (unpaired) electrons. The molecule has 58 heavy (non-hydrogen) atoms. The van der Waals surface area contributed by atoms with E-state index in [1.165, 1.54) is 92.2 Å². The molecule has 2 nitrogen and oxygen atoms in total. The van der Waals surface area contributed by atoms with Crippen LogP contribution in [-0.4, -0.2) is 4.57 Å². The van der Waals surface area contributed by atoms with Crippen molar-refractivity contribution in [1.29, 1.82) is 0 Å². The maximum absolute atomic E-state index is 2.58. The first-order chi connectivity index (χ1) is 28.8. The van der Waals surface area contributed by atoms with Crippen molar-refractivity contribution in [3.8, 4) is 27.9 Å². The number of anilines is 3. The minimum absolute atomic E-state index is 0.473. The van der Waals surface area contributed by atoms with Crippen molar-refractivity contribution in [2.24, 2.45) is 0 Å². The van der Waals surface area contributed by atoms with Crippen molar-refractivity contribution in [3.05, 3.63) is 229 Å². The number of hydrogen-bond donors (Lipinski definition) is 0. The summed E-state index contributed by atoms with van der Waals surface area (Å²) in [6, 6.07) is 76.4. The summed E-state index contributed by atoms with van der Waals surface area (Å²) in [7, 11) is 0. The second kappa shape index (κ2) is 11.9. The van der Waals surface area contributed by atoms with Crippen molar-refractivity contribution in [3.63, 3.8) is 0 Å². The zero-order valence-electron chi connectivity index (χ0n) is 31.4. The molecule has 1 aliphatic carbocycles. The second-order valence-electron chi connectivity index (χ2n) is 15.6. The Hall–Kier alpha value is -7.20. The first kappa shape index (κ1) is 31.9. The molecule has 3 heterocycles. The Bertz CT molecular complexity index is 3380. The Morgan fingerprint density at radius 3 is 1.76 bits per heavy atom. The lowest BCUT2D eigenvalue weighted by atomic mass is 9.65. The van der Waals surface area contributed by atoms with Crippen LogP contribution in [0.5, 0.6) is 0 Å². The maximum Gasteiger partial charge on any atom is 0.0754 e. The molecule has 0 atom stereocenters. The molecule has 0 amide bonds. The average Bonchev–Trinajstić information content (AvgIpc) is 3.93. The van der Waals surface area contributed by atoms with E-state index >= 15 is 0 Å². The highest BCUT2D eigenvalue weighted by molar-refractivity contribution is 7.26. The molecule has 0 fully saturated rings. The number of para-hydroxylation sites is 4. The largest absolute Gasteiger partial charge is 0.310 e. The van der Waals surface area contributed by atoms with Gasteiger partial charge in [-0.05, 0) is 111 Å². The molecule has 0 bridgehead atoms. The second-order valence-corrected chi connectivity index (χ2v) is 16.7. The Kier molecular flexibility index (Phi) is 6.56. The third-order valence-electron chi connectivity index (χ3n) is 12.7. The maximum atomic E-state index is 2.58. The fourth-order valence-corrected chi connectivity index (χ4v) is 11.7. The van der Waals surface area contributed by atoms with E-state index in [-0.39, 0.29) is 0 Å². The van der Waals surface area contributed by atoms with E-state index in [1.807, 2.05) is 11.3 Å². The lowest BCUT2D eigenvalue weighted by molar-refractivity contribution is 0.750. The predicted molar refractivity (Wildman–Crippen MR) is 245 cm³/mol. The molecule has 270 valence electrons. The molecule has 1 aliphatic heterocycles. The van der Waals surface area contributed by atoms with Crippen LogP contribution in [0.15, 0.2) is 206 Å². The third-order valence-corrected chi connectivity index (χ3v) is 13.9. The average molecular weight is 755 g/mol. The molecule has 2 aromatic heterocycles. The van der Waals surface area contributed by atoms with Crippen LogP contribution in [0.4, 0.5) is 17.1 Å². The van der Waals surface area contributed by atoms with Gasteiger partial charge in [0.05, 0.1) is 22.1 Å². The van der Waals surface area contributed by atoms with Gasteiger partial charge in [0, 0.05) is 48.0 Å². The van der Waals surface area contributed by atoms with Crippen LogP contribution in [0.3, 0.4) is 0 Å². The molecule has 3 heteroatoms. The summed E-state index contributed by atoms with van der Waals surface area (Å²) < 4.78 is 5.22. The van der Waals surface area contributed by atoms with Crippen LogP contribution in [0.2, 0.25) is 0 Å². The monoisotopic (exact) mass is 754 g/mol. The molecule has 0 N–H and O–H groups in total. The lowest BCUT2D eigenvalue weighted by Gasteiger charge is -2.39. The highest BCUT2D eigenvalue weighted by atomic mass is 32.1. The van der Waals surface area contributed by atoms with E-state index in [2.05, 4.69) is 216 Å². The van der Waals surface area contributed by atoms with Crippen molar-refractivity contribution in [1.82, 2.24) is 4.57 Å². The minimum atomic E-state index is -0.473. The van der Waals surface area contributed by atoms with Crippen molar-refractivity contribution >= 4 is 70.4 Å². The van der Waals surface area contributed by atoms with Crippen molar-refractivity contribution in [2.45, 2.75) is 5.41 Å². The highest BCUT2D eigenvalue weighted by Crippen LogP contribution is 2.62. The van der Waals surface area contributed by atoms with Gasteiger partial charge in [-0.3, -0.25) is 0 Å². The molecule has 0 saturated heterocycles. The van der Waals surface area contributed by atoms with E-state index in [1.54, 1.807) is 0 Å². The highest BCUT2D eigenvalue weighted by Gasteiger charge is 2.51. The Morgan fingerprint density at radius 2 is 1.02 bits per heavy atom. The van der Waals surface area contributed by atoms with E-state index in [4.69, 9.17) is 0 Å². The number of benzene rings is 9. The number of fused-ring (bicyclic) bond motifs is 16. The normalized spacial score (nSPS) is 13.3. The van der Waals surface area contributed by atoms with Gasteiger partial charge in [0.1, 0.15) is 0 Å². The Labute approximate surface area is 340 Å². The molecular weight excluding hydrogens is 721 g/mol. The smallest absolute Gasteiger partial charge is 0.0754 e. The SMILES string of the molecule is c1ccc(N(c2ccccc2)c2cccc(-c3ccc4sc5c(cc6c7c5c5ccccc5n7-c5ccccc5C65c6ccccc6-c6ccccc65)c4c3)c2)cc1. The molecule has 9 aromatic carbocycles. The summed E-state index contributed by atoms with van der Waals surface area (Å²) in [6.07, 6.45) is 0. The number of aromatic nitrogens is 1. The summed E-state index contributed by atoms with van der Waals surface area (Å²) >= 11 is 1.93. The van der Waals surface area contributed by atoms with Gasteiger partial charge < -0.3 is 9.47 Å². The van der Waals surface area contributed by atoms with Crippen LogP contribution in [-0.2, 0) is 5.41 Å². The summed E-state index contributed by atoms with van der Waals surface area (Å²) in [5.41, 5.74) is 17.2. The molecule has 0 saturated carbocycles. The zero-order chi connectivity index (χ0) is 38.0. The fraction of sp³-hybridized carbons (Fsp3) is 0.0182. The molecule has 13 rings (SSSR count). The number of hydrogen-bond acceptors (Lipinski definition) is 2. The van der Waals surface area contributed by atoms with Crippen LogP contribution in [0, 0.1) is 0 Å². The van der Waals surface area contributed by atoms with E-state index in [9.17, 15) is 0 Å². The zero-order valence-corrected chi connectivity index (χ0v) is 32.2. The topological polar surface area (TPSA) is 8.17 Å². The molecular formula is C55H34N2S. The van der Waals surface area contributed by atoms with Gasteiger partial charge in [-0.2, -0.15) is 0 Å². The lowest BCUT2D eigenvalue weighted by Crippen LogP contribution is -2.33. The number of rotatable bonds is 4. The van der Waals surface area contributed by atoms with Gasteiger partial charge in [-0.15, -0.1) is 11.3 Å². The first-order valence-corrected chi connectivity index (χ1v) is 20.8. The van der Waals surface area contributed by atoms with Gasteiger partial charge in [-0.1, -0.05) is 140 Å². The van der Waals surface area contributed by atoms with Gasteiger partial charge in [0.2, 0.25) is 0 Å². The quantitative estimate of drug-likeness (QED) is 0.174. The van der Waals surface area contributed by atoms with Crippen LogP contribution in [0.1, 0.15) is 22.3 Å². The van der Waals surface area contributed by atoms with E-state index < -0.39 is 5.41 Å². The Balaban J connectivity index is 1.11. The van der Waals surface area contributed by atoms with Gasteiger partial charge in [0.25, 0.3) is 0 Å². The van der Waals surface area contributed by atoms with Gasteiger partial charge in [-0.25, -0.2) is 0 Å². The molecule has 0 unspecified atom stereocenters. The summed E-state index contributed by atoms with van der Waals surface area (Å²) in [5, 5.41) is 5.27. The fourth-order valence-electron chi connectivity index (χ4n) is 10.5. The van der Waals surface area contributed by atoms with Crippen molar-refractivity contribution in [2.75, 3.05) is 4.90 Å². The number of nitrogens with zero attached hydrogens (tertiary/aromatic N) is 2. The first-order valence-electron chi connectivity index (χ1n) is 20.0. The van der Waals surface area contributed by atoms with E-state index in [0.29, 0.717) is 0 Å². The van der Waals surface area contributed by atoms with Crippen LogP contribution in [0.25, 0.3) is 69.9 Å². The van der Waals surface area contributed by atoms with Gasteiger partial charge >= 0.3 is 0 Å². The predicted octanol–water partition coefficient (Wildman–Crippen LogP) is 15.0. The Morgan fingerprint density at radius 1 is 0.414 bits per heavy atom.